The molecule has 1 fully saturated rings. The predicted molar refractivity (Wildman–Crippen MR) is 114 cm³/mol. The Balaban J connectivity index is 1.49. The van der Waals surface area contributed by atoms with Crippen LogP contribution in [0.4, 0.5) is 0 Å². The van der Waals surface area contributed by atoms with Gasteiger partial charge in [-0.15, -0.1) is 10.2 Å². The minimum absolute atomic E-state index is 0.180. The lowest BCUT2D eigenvalue weighted by Gasteiger charge is -2.12. The molecule has 0 spiro atoms. The number of aromatic nitrogens is 5. The van der Waals surface area contributed by atoms with E-state index in [1.807, 2.05) is 25.1 Å². The maximum Gasteiger partial charge on any atom is 0.269 e. The fourth-order valence-corrected chi connectivity index (χ4v) is 4.52. The lowest BCUT2D eigenvalue weighted by Crippen LogP contribution is -2.27. The molecular weight excluding hydrogens is 400 g/mol. The number of hydrogen-bond donors (Lipinski definition) is 1. The van der Waals surface area contributed by atoms with Crippen LogP contribution in [0.3, 0.4) is 0 Å². The number of carbonyl (C=O) groups is 1. The Morgan fingerprint density at radius 2 is 2.13 bits per heavy atom. The molecule has 30 heavy (non-hydrogen) atoms. The standard InChI is InChI=1S/C21H26N6O2S/c1-15-11-18(26(2)25-15)20(28)22-12-19-23-24-21(30-14-17-9-6-10-29-17)27(19)13-16-7-4-3-5-8-16/h3-5,7-8,11,17H,6,9-10,12-14H2,1-2H3,(H,22,28)/t17-/m1/s1. The molecule has 1 atom stereocenters. The molecule has 3 heterocycles. The van der Waals surface area contributed by atoms with Crippen LogP contribution in [0.25, 0.3) is 0 Å². The van der Waals surface area contributed by atoms with Crippen LogP contribution in [-0.2, 0) is 24.9 Å². The van der Waals surface area contributed by atoms with Crippen LogP contribution in [0.15, 0.2) is 41.6 Å². The lowest BCUT2D eigenvalue weighted by atomic mass is 10.2. The highest BCUT2D eigenvalue weighted by atomic mass is 32.2. The second-order valence-corrected chi connectivity index (χ2v) is 8.38. The van der Waals surface area contributed by atoms with Gasteiger partial charge in [-0.1, -0.05) is 42.1 Å². The Bertz CT molecular complexity index is 994. The number of aryl methyl sites for hydroxylation is 2. The zero-order valence-electron chi connectivity index (χ0n) is 17.2. The van der Waals surface area contributed by atoms with Crippen molar-refractivity contribution >= 4 is 17.7 Å². The zero-order valence-corrected chi connectivity index (χ0v) is 18.1. The van der Waals surface area contributed by atoms with Crippen LogP contribution < -0.4 is 5.32 Å². The monoisotopic (exact) mass is 426 g/mol. The molecule has 2 aromatic heterocycles. The third-order valence-electron chi connectivity index (χ3n) is 5.04. The van der Waals surface area contributed by atoms with Gasteiger partial charge < -0.3 is 14.6 Å². The van der Waals surface area contributed by atoms with Crippen molar-refractivity contribution < 1.29 is 9.53 Å². The highest BCUT2D eigenvalue weighted by Gasteiger charge is 2.20. The van der Waals surface area contributed by atoms with Gasteiger partial charge in [0.25, 0.3) is 5.91 Å². The van der Waals surface area contributed by atoms with Gasteiger partial charge in [0.15, 0.2) is 11.0 Å². The molecule has 0 unspecified atom stereocenters. The molecule has 1 aliphatic rings. The van der Waals surface area contributed by atoms with Crippen molar-refractivity contribution in [2.24, 2.45) is 7.05 Å². The van der Waals surface area contributed by atoms with Crippen molar-refractivity contribution in [3.8, 4) is 0 Å². The van der Waals surface area contributed by atoms with Crippen molar-refractivity contribution in [2.45, 2.75) is 44.1 Å². The number of amides is 1. The first-order valence-electron chi connectivity index (χ1n) is 10.1. The van der Waals surface area contributed by atoms with Crippen LogP contribution in [-0.4, -0.2) is 48.9 Å². The third-order valence-corrected chi connectivity index (χ3v) is 6.14. The smallest absolute Gasteiger partial charge is 0.269 e. The summed E-state index contributed by atoms with van der Waals surface area (Å²) in [6, 6.07) is 12.0. The maximum absolute atomic E-state index is 12.6. The van der Waals surface area contributed by atoms with Gasteiger partial charge in [0.05, 0.1) is 24.9 Å². The second-order valence-electron chi connectivity index (χ2n) is 7.39. The quantitative estimate of drug-likeness (QED) is 0.557. The SMILES string of the molecule is Cc1cc(C(=O)NCc2nnc(SC[C@H]3CCCO3)n2Cc2ccccc2)n(C)n1. The molecule has 3 aromatic rings. The third kappa shape index (κ3) is 4.91. The van der Waals surface area contributed by atoms with Crippen LogP contribution >= 0.6 is 11.8 Å². The Kier molecular flexibility index (Phi) is 6.49. The summed E-state index contributed by atoms with van der Waals surface area (Å²) in [6.45, 7) is 3.65. The summed E-state index contributed by atoms with van der Waals surface area (Å²) in [6.07, 6.45) is 2.48. The Morgan fingerprint density at radius 1 is 1.30 bits per heavy atom. The van der Waals surface area contributed by atoms with E-state index in [-0.39, 0.29) is 12.0 Å². The van der Waals surface area contributed by atoms with Crippen LogP contribution in [0.2, 0.25) is 0 Å². The molecule has 1 N–H and O–H groups in total. The largest absolute Gasteiger partial charge is 0.377 e. The van der Waals surface area contributed by atoms with Crippen molar-refractivity contribution in [1.29, 1.82) is 0 Å². The molecule has 1 aliphatic heterocycles. The van der Waals surface area contributed by atoms with E-state index >= 15 is 0 Å². The van der Waals surface area contributed by atoms with Crippen molar-refractivity contribution in [2.75, 3.05) is 12.4 Å². The molecule has 1 saturated heterocycles. The van der Waals surface area contributed by atoms with Gasteiger partial charge in [0.1, 0.15) is 5.69 Å². The Morgan fingerprint density at radius 3 is 2.83 bits per heavy atom. The molecule has 0 bridgehead atoms. The first-order valence-corrected chi connectivity index (χ1v) is 11.1. The van der Waals surface area contributed by atoms with Gasteiger partial charge in [-0.2, -0.15) is 5.10 Å². The molecule has 0 aliphatic carbocycles. The topological polar surface area (TPSA) is 86.9 Å². The molecule has 8 nitrogen and oxygen atoms in total. The van der Waals surface area contributed by atoms with Crippen LogP contribution in [0.1, 0.15) is 40.4 Å². The molecule has 158 valence electrons. The van der Waals surface area contributed by atoms with Crippen molar-refractivity contribution in [3.63, 3.8) is 0 Å². The molecule has 1 aromatic carbocycles. The second kappa shape index (κ2) is 9.44. The Labute approximate surface area is 180 Å². The molecule has 4 rings (SSSR count). The summed E-state index contributed by atoms with van der Waals surface area (Å²) < 4.78 is 9.40. The number of hydrogen-bond acceptors (Lipinski definition) is 6. The number of thioether (sulfide) groups is 1. The lowest BCUT2D eigenvalue weighted by molar-refractivity contribution is 0.0940. The van der Waals surface area contributed by atoms with Crippen molar-refractivity contribution in [3.05, 3.63) is 59.2 Å². The van der Waals surface area contributed by atoms with E-state index in [9.17, 15) is 4.79 Å². The van der Waals surface area contributed by atoms with Gasteiger partial charge in [-0.3, -0.25) is 9.48 Å². The molecule has 9 heteroatoms. The number of benzene rings is 1. The maximum atomic E-state index is 12.6. The molecular formula is C21H26N6O2S. The summed E-state index contributed by atoms with van der Waals surface area (Å²) in [5.41, 5.74) is 2.49. The summed E-state index contributed by atoms with van der Waals surface area (Å²) in [5, 5.41) is 16.8. The summed E-state index contributed by atoms with van der Waals surface area (Å²) in [4.78, 5) is 12.6. The number of rotatable bonds is 8. The molecule has 0 saturated carbocycles. The summed E-state index contributed by atoms with van der Waals surface area (Å²) in [5.74, 6) is 1.40. The van der Waals surface area contributed by atoms with Gasteiger partial charge in [0, 0.05) is 19.4 Å². The summed E-state index contributed by atoms with van der Waals surface area (Å²) in [7, 11) is 1.76. The molecule has 1 amide bonds. The van der Waals surface area contributed by atoms with E-state index in [1.165, 1.54) is 0 Å². The number of carbonyl (C=O) groups excluding carboxylic acids is 1. The van der Waals surface area contributed by atoms with E-state index in [0.29, 0.717) is 18.8 Å². The average Bonchev–Trinajstić information content (AvgIpc) is 3.46. The van der Waals surface area contributed by atoms with E-state index in [2.05, 4.69) is 37.3 Å². The minimum Gasteiger partial charge on any atom is -0.377 e. The van der Waals surface area contributed by atoms with E-state index in [0.717, 1.165) is 47.4 Å². The normalized spacial score (nSPS) is 16.1. The van der Waals surface area contributed by atoms with Gasteiger partial charge in [-0.05, 0) is 31.4 Å². The van der Waals surface area contributed by atoms with E-state index < -0.39 is 0 Å². The minimum atomic E-state index is -0.180. The van der Waals surface area contributed by atoms with Gasteiger partial charge in [0.2, 0.25) is 0 Å². The van der Waals surface area contributed by atoms with Gasteiger partial charge in [-0.25, -0.2) is 0 Å². The zero-order chi connectivity index (χ0) is 20.9. The number of nitrogens with one attached hydrogen (secondary N) is 1. The molecule has 0 radical (unpaired) electrons. The fraction of sp³-hybridized carbons (Fsp3) is 0.429. The highest BCUT2D eigenvalue weighted by molar-refractivity contribution is 7.99. The first-order chi connectivity index (χ1) is 14.6. The van der Waals surface area contributed by atoms with E-state index in [4.69, 9.17) is 4.74 Å². The number of nitrogens with zero attached hydrogens (tertiary/aromatic N) is 5. The Hall–Kier alpha value is -2.65. The summed E-state index contributed by atoms with van der Waals surface area (Å²) >= 11 is 1.66. The predicted octanol–water partition coefficient (Wildman–Crippen LogP) is 2.57. The van der Waals surface area contributed by atoms with E-state index in [1.54, 1.807) is 29.6 Å². The average molecular weight is 427 g/mol. The van der Waals surface area contributed by atoms with Crippen LogP contribution in [0, 0.1) is 6.92 Å². The van der Waals surface area contributed by atoms with Gasteiger partial charge >= 0.3 is 0 Å². The fourth-order valence-electron chi connectivity index (χ4n) is 3.50. The first kappa shape index (κ1) is 20.6. The number of ether oxygens (including phenoxy) is 1. The highest BCUT2D eigenvalue weighted by Crippen LogP contribution is 2.24. The van der Waals surface area contributed by atoms with Crippen molar-refractivity contribution in [1.82, 2.24) is 29.9 Å². The van der Waals surface area contributed by atoms with Crippen LogP contribution in [0.5, 0.6) is 0 Å².